The minimum absolute atomic E-state index is 0.331. The number of aliphatic hydroxyl groups excluding tert-OH is 1. The number of rotatable bonds is 2. The lowest BCUT2D eigenvalue weighted by Gasteiger charge is -2.24. The Hall–Kier alpha value is -0.200. The topological polar surface area (TPSA) is 79.2 Å². The van der Waals surface area contributed by atoms with Gasteiger partial charge in [0.05, 0.1) is 6.61 Å². The minimum Gasteiger partial charge on any atom is -0.394 e. The van der Waals surface area contributed by atoms with Gasteiger partial charge in [0.2, 0.25) is 0 Å². The van der Waals surface area contributed by atoms with Crippen LogP contribution in [-0.4, -0.2) is 52.6 Å². The smallest absolute Gasteiger partial charge is 0.190 e. The molecule has 4 atom stereocenters. The number of hydrogen-bond acceptors (Lipinski definition) is 5. The average molecular weight is 204 g/mol. The highest BCUT2D eigenvalue weighted by Gasteiger charge is 2.92. The Morgan fingerprint density at radius 3 is 2.14 bits per heavy atom. The standard InChI is InChI=1S/C9H16O5/c1-7(2)8(11)5(4-10)14-6(13-3)9(7,8)12/h5-6,10-12H,4H2,1-3H3/t5-,6?,8-,9+/m0/s1. The first-order valence-corrected chi connectivity index (χ1v) is 4.61. The van der Waals surface area contributed by atoms with Crippen LogP contribution >= 0.6 is 0 Å². The Kier molecular flexibility index (Phi) is 1.83. The lowest BCUT2D eigenvalue weighted by molar-refractivity contribution is -0.200. The zero-order valence-corrected chi connectivity index (χ0v) is 8.52. The summed E-state index contributed by atoms with van der Waals surface area (Å²) in [7, 11) is 1.40. The molecule has 2 fully saturated rings. The molecule has 1 aliphatic carbocycles. The molecule has 3 N–H and O–H groups in total. The molecule has 0 aromatic heterocycles. The van der Waals surface area contributed by atoms with Crippen LogP contribution < -0.4 is 0 Å². The highest BCUT2D eigenvalue weighted by Crippen LogP contribution is 2.72. The lowest BCUT2D eigenvalue weighted by atomic mass is 10.0. The minimum atomic E-state index is -1.41. The molecule has 1 saturated carbocycles. The van der Waals surface area contributed by atoms with E-state index in [2.05, 4.69) is 0 Å². The largest absolute Gasteiger partial charge is 0.394 e. The van der Waals surface area contributed by atoms with Crippen LogP contribution in [-0.2, 0) is 9.47 Å². The maximum atomic E-state index is 10.2. The third kappa shape index (κ3) is 0.686. The second-order valence-corrected chi connectivity index (χ2v) is 4.53. The summed E-state index contributed by atoms with van der Waals surface area (Å²) >= 11 is 0. The Labute approximate surface area is 82.3 Å². The zero-order valence-electron chi connectivity index (χ0n) is 8.52. The average Bonchev–Trinajstić information content (AvgIpc) is 2.42. The van der Waals surface area contributed by atoms with Gasteiger partial charge in [-0.3, -0.25) is 0 Å². The molecule has 2 aliphatic rings. The molecule has 0 aromatic rings. The highest BCUT2D eigenvalue weighted by molar-refractivity contribution is 5.39. The van der Waals surface area contributed by atoms with Gasteiger partial charge in [-0.05, 0) is 0 Å². The molecule has 14 heavy (non-hydrogen) atoms. The van der Waals surface area contributed by atoms with E-state index in [9.17, 15) is 10.2 Å². The Morgan fingerprint density at radius 1 is 1.29 bits per heavy atom. The molecule has 0 aromatic carbocycles. The number of aliphatic hydroxyl groups is 3. The van der Waals surface area contributed by atoms with E-state index in [0.717, 1.165) is 0 Å². The SMILES string of the molecule is COC1O[C@@H](CO)[C@]2(O)C(C)(C)[C@]12O. The van der Waals surface area contributed by atoms with Crippen molar-refractivity contribution in [2.75, 3.05) is 13.7 Å². The van der Waals surface area contributed by atoms with Crippen molar-refractivity contribution in [2.45, 2.75) is 37.4 Å². The van der Waals surface area contributed by atoms with Crippen molar-refractivity contribution in [3.8, 4) is 0 Å². The molecule has 0 bridgehead atoms. The van der Waals surface area contributed by atoms with Gasteiger partial charge in [-0.1, -0.05) is 13.8 Å². The molecule has 1 aliphatic heterocycles. The van der Waals surface area contributed by atoms with Crippen molar-refractivity contribution in [1.29, 1.82) is 0 Å². The van der Waals surface area contributed by atoms with Gasteiger partial charge in [0.1, 0.15) is 11.7 Å². The van der Waals surface area contributed by atoms with Crippen LogP contribution in [0.3, 0.4) is 0 Å². The van der Waals surface area contributed by atoms with E-state index in [-0.39, 0.29) is 6.61 Å². The van der Waals surface area contributed by atoms with Crippen molar-refractivity contribution in [2.24, 2.45) is 5.41 Å². The van der Waals surface area contributed by atoms with Crippen LogP contribution in [0.4, 0.5) is 0 Å². The molecule has 82 valence electrons. The van der Waals surface area contributed by atoms with E-state index in [1.807, 2.05) is 0 Å². The third-order valence-corrected chi connectivity index (χ3v) is 3.90. The Morgan fingerprint density at radius 2 is 1.86 bits per heavy atom. The van der Waals surface area contributed by atoms with E-state index in [1.54, 1.807) is 13.8 Å². The first kappa shape index (κ1) is 10.3. The normalized spacial score (nSPS) is 54.4. The molecule has 5 heteroatoms. The molecule has 1 unspecified atom stereocenters. The number of hydrogen-bond donors (Lipinski definition) is 3. The van der Waals surface area contributed by atoms with Crippen molar-refractivity contribution in [3.05, 3.63) is 0 Å². The van der Waals surface area contributed by atoms with Gasteiger partial charge in [-0.15, -0.1) is 0 Å². The van der Waals surface area contributed by atoms with Crippen LogP contribution in [0.5, 0.6) is 0 Å². The second-order valence-electron chi connectivity index (χ2n) is 4.53. The lowest BCUT2D eigenvalue weighted by Crippen LogP contribution is -2.36. The van der Waals surface area contributed by atoms with Gasteiger partial charge in [0, 0.05) is 12.5 Å². The quantitative estimate of drug-likeness (QED) is 0.529. The first-order chi connectivity index (χ1) is 6.37. The number of methoxy groups -OCH3 is 1. The summed E-state index contributed by atoms with van der Waals surface area (Å²) in [5.41, 5.74) is -3.54. The van der Waals surface area contributed by atoms with Gasteiger partial charge in [0.25, 0.3) is 0 Å². The van der Waals surface area contributed by atoms with Crippen molar-refractivity contribution in [3.63, 3.8) is 0 Å². The van der Waals surface area contributed by atoms with Crippen LogP contribution in [0.15, 0.2) is 0 Å². The molecular formula is C9H16O5. The Balaban J connectivity index is 2.37. The predicted octanol–water partition coefficient (Wildman–Crippen LogP) is -1.15. The third-order valence-electron chi connectivity index (χ3n) is 3.90. The molecule has 2 rings (SSSR count). The maximum absolute atomic E-state index is 10.2. The van der Waals surface area contributed by atoms with Crippen LogP contribution in [0, 0.1) is 5.41 Å². The molecule has 5 nitrogen and oxygen atoms in total. The van der Waals surface area contributed by atoms with Gasteiger partial charge in [0.15, 0.2) is 11.9 Å². The summed E-state index contributed by atoms with van der Waals surface area (Å²) in [6.45, 7) is 3.12. The maximum Gasteiger partial charge on any atom is 0.190 e. The van der Waals surface area contributed by atoms with Gasteiger partial charge >= 0.3 is 0 Å². The summed E-state index contributed by atoms with van der Waals surface area (Å²) in [5.74, 6) is 0. The fourth-order valence-corrected chi connectivity index (χ4v) is 2.77. The van der Waals surface area contributed by atoms with Crippen molar-refractivity contribution in [1.82, 2.24) is 0 Å². The second kappa shape index (κ2) is 2.48. The van der Waals surface area contributed by atoms with Crippen molar-refractivity contribution >= 4 is 0 Å². The fourth-order valence-electron chi connectivity index (χ4n) is 2.77. The van der Waals surface area contributed by atoms with E-state index in [1.165, 1.54) is 7.11 Å². The summed E-state index contributed by atoms with van der Waals surface area (Å²) in [6.07, 6.45) is -1.66. The number of fused-ring (bicyclic) bond motifs is 1. The fraction of sp³-hybridized carbons (Fsp3) is 1.00. The van der Waals surface area contributed by atoms with Gasteiger partial charge in [-0.25, -0.2) is 0 Å². The van der Waals surface area contributed by atoms with Crippen LogP contribution in [0.25, 0.3) is 0 Å². The van der Waals surface area contributed by atoms with E-state index >= 15 is 0 Å². The molecule has 0 spiro atoms. The molecule has 0 amide bonds. The summed E-state index contributed by atoms with van der Waals surface area (Å²) in [5, 5.41) is 29.4. The molecular weight excluding hydrogens is 188 g/mol. The Bertz CT molecular complexity index is 242. The monoisotopic (exact) mass is 204 g/mol. The zero-order chi connectivity index (χ0) is 10.8. The first-order valence-electron chi connectivity index (χ1n) is 4.61. The van der Waals surface area contributed by atoms with Crippen LogP contribution in [0.1, 0.15) is 13.8 Å². The highest BCUT2D eigenvalue weighted by atomic mass is 16.7. The summed E-state index contributed by atoms with van der Waals surface area (Å²) in [4.78, 5) is 0. The van der Waals surface area contributed by atoms with E-state index in [0.29, 0.717) is 0 Å². The van der Waals surface area contributed by atoms with E-state index in [4.69, 9.17) is 14.6 Å². The molecule has 0 radical (unpaired) electrons. The molecule has 1 heterocycles. The summed E-state index contributed by atoms with van der Waals surface area (Å²) in [6, 6.07) is 0. The van der Waals surface area contributed by atoms with Crippen LogP contribution in [0.2, 0.25) is 0 Å². The van der Waals surface area contributed by atoms with Gasteiger partial charge < -0.3 is 24.8 Å². The molecule has 1 saturated heterocycles. The van der Waals surface area contributed by atoms with E-state index < -0.39 is 29.0 Å². The predicted molar refractivity (Wildman–Crippen MR) is 46.4 cm³/mol. The van der Waals surface area contributed by atoms with Crippen molar-refractivity contribution < 1.29 is 24.8 Å². The number of ether oxygens (including phenoxy) is 2. The van der Waals surface area contributed by atoms with Gasteiger partial charge in [-0.2, -0.15) is 0 Å². The summed E-state index contributed by atoms with van der Waals surface area (Å²) < 4.78 is 10.1.